The number of rotatable bonds is 1. The second kappa shape index (κ2) is 4.60. The van der Waals surface area contributed by atoms with Crippen molar-refractivity contribution in [3.63, 3.8) is 0 Å². The van der Waals surface area contributed by atoms with Gasteiger partial charge in [0.2, 0.25) is 0 Å². The topological polar surface area (TPSA) is 25.2 Å². The van der Waals surface area contributed by atoms with E-state index in [9.17, 15) is 9.50 Å². The fourth-order valence-electron chi connectivity index (χ4n) is 3.05. The van der Waals surface area contributed by atoms with Crippen LogP contribution in [0.5, 0.6) is 5.75 Å². The molecule has 2 nitrogen and oxygen atoms in total. The molecule has 0 saturated heterocycles. The van der Waals surface area contributed by atoms with Crippen molar-refractivity contribution in [2.45, 2.75) is 6.92 Å². The molecule has 22 heavy (non-hydrogen) atoms. The van der Waals surface area contributed by atoms with Crippen LogP contribution < -0.4 is 0 Å². The standard InChI is InChI=1S/C19H14FNO/c1-12-11-21(17-8-7-14(20)10-16(12)17)19-15-5-3-2-4-13(15)6-9-18(19)22/h2-11,22H,1H3. The predicted molar refractivity (Wildman–Crippen MR) is 87.1 cm³/mol. The number of hydrogen-bond acceptors (Lipinski definition) is 1. The van der Waals surface area contributed by atoms with Crippen LogP contribution >= 0.6 is 0 Å². The van der Waals surface area contributed by atoms with Crippen molar-refractivity contribution >= 4 is 21.7 Å². The first-order chi connectivity index (χ1) is 10.6. The summed E-state index contributed by atoms with van der Waals surface area (Å²) in [6.45, 7) is 1.94. The Kier molecular flexibility index (Phi) is 2.70. The van der Waals surface area contributed by atoms with E-state index in [0.29, 0.717) is 0 Å². The van der Waals surface area contributed by atoms with Crippen molar-refractivity contribution < 1.29 is 9.50 Å². The van der Waals surface area contributed by atoms with Gasteiger partial charge < -0.3 is 9.67 Å². The summed E-state index contributed by atoms with van der Waals surface area (Å²) in [6, 6.07) is 16.2. The van der Waals surface area contributed by atoms with Crippen LogP contribution in [-0.4, -0.2) is 9.67 Å². The van der Waals surface area contributed by atoms with Crippen LogP contribution in [0.3, 0.4) is 0 Å². The Labute approximate surface area is 127 Å². The van der Waals surface area contributed by atoms with Crippen molar-refractivity contribution in [2.24, 2.45) is 0 Å². The number of halogens is 1. The van der Waals surface area contributed by atoms with Gasteiger partial charge in [-0.1, -0.05) is 30.3 Å². The molecule has 1 aromatic heterocycles. The third kappa shape index (κ3) is 1.79. The molecule has 1 N–H and O–H groups in total. The van der Waals surface area contributed by atoms with Crippen LogP contribution in [0.2, 0.25) is 0 Å². The highest BCUT2D eigenvalue weighted by Crippen LogP contribution is 2.34. The van der Waals surface area contributed by atoms with Gasteiger partial charge in [0, 0.05) is 17.0 Å². The first kappa shape index (κ1) is 12.9. The molecule has 108 valence electrons. The van der Waals surface area contributed by atoms with Crippen LogP contribution in [0.4, 0.5) is 4.39 Å². The molecule has 0 unspecified atom stereocenters. The third-order valence-corrected chi connectivity index (χ3v) is 4.09. The Morgan fingerprint density at radius 2 is 1.77 bits per heavy atom. The summed E-state index contributed by atoms with van der Waals surface area (Å²) in [4.78, 5) is 0. The summed E-state index contributed by atoms with van der Waals surface area (Å²) in [5, 5.41) is 13.3. The second-order valence-corrected chi connectivity index (χ2v) is 5.50. The van der Waals surface area contributed by atoms with E-state index >= 15 is 0 Å². The molecular weight excluding hydrogens is 277 g/mol. The van der Waals surface area contributed by atoms with Gasteiger partial charge in [0.1, 0.15) is 11.6 Å². The first-order valence-electron chi connectivity index (χ1n) is 7.13. The Morgan fingerprint density at radius 1 is 0.955 bits per heavy atom. The average molecular weight is 291 g/mol. The quantitative estimate of drug-likeness (QED) is 0.528. The smallest absolute Gasteiger partial charge is 0.140 e. The van der Waals surface area contributed by atoms with Crippen LogP contribution in [0.25, 0.3) is 27.4 Å². The summed E-state index contributed by atoms with van der Waals surface area (Å²) < 4.78 is 15.4. The highest BCUT2D eigenvalue weighted by atomic mass is 19.1. The van der Waals surface area contributed by atoms with Gasteiger partial charge in [0.25, 0.3) is 0 Å². The van der Waals surface area contributed by atoms with Gasteiger partial charge in [-0.15, -0.1) is 0 Å². The fraction of sp³-hybridized carbons (Fsp3) is 0.0526. The maximum absolute atomic E-state index is 13.5. The molecule has 4 aromatic rings. The Bertz CT molecular complexity index is 1020. The molecule has 0 fully saturated rings. The SMILES string of the molecule is Cc1cn(-c2c(O)ccc3ccccc23)c2ccc(F)cc12. The van der Waals surface area contributed by atoms with Crippen LogP contribution in [0.15, 0.2) is 60.8 Å². The van der Waals surface area contributed by atoms with Crippen molar-refractivity contribution in [1.82, 2.24) is 4.57 Å². The first-order valence-corrected chi connectivity index (χ1v) is 7.13. The van der Waals surface area contributed by atoms with E-state index in [2.05, 4.69) is 0 Å². The van der Waals surface area contributed by atoms with Gasteiger partial charge in [-0.3, -0.25) is 0 Å². The molecule has 0 aliphatic carbocycles. The number of aryl methyl sites for hydroxylation is 1. The molecule has 0 saturated carbocycles. The Balaban J connectivity index is 2.14. The number of aromatic nitrogens is 1. The van der Waals surface area contributed by atoms with Crippen LogP contribution in [0, 0.1) is 12.7 Å². The Hall–Kier alpha value is -2.81. The summed E-state index contributed by atoms with van der Waals surface area (Å²) in [5.41, 5.74) is 2.58. The van der Waals surface area contributed by atoms with E-state index in [1.807, 2.05) is 48.0 Å². The highest BCUT2D eigenvalue weighted by Gasteiger charge is 2.13. The largest absolute Gasteiger partial charge is 0.506 e. The van der Waals surface area contributed by atoms with Gasteiger partial charge >= 0.3 is 0 Å². The fourth-order valence-corrected chi connectivity index (χ4v) is 3.05. The van der Waals surface area contributed by atoms with Crippen molar-refractivity contribution in [2.75, 3.05) is 0 Å². The molecule has 0 radical (unpaired) electrons. The van der Waals surface area contributed by atoms with Crippen molar-refractivity contribution in [3.8, 4) is 11.4 Å². The summed E-state index contributed by atoms with van der Waals surface area (Å²) in [6.07, 6.45) is 1.94. The molecule has 0 atom stereocenters. The van der Waals surface area contributed by atoms with Gasteiger partial charge in [-0.2, -0.15) is 0 Å². The van der Waals surface area contributed by atoms with E-state index in [4.69, 9.17) is 0 Å². The van der Waals surface area contributed by atoms with E-state index in [1.165, 1.54) is 12.1 Å². The lowest BCUT2D eigenvalue weighted by Crippen LogP contribution is -1.94. The number of fused-ring (bicyclic) bond motifs is 2. The van der Waals surface area contributed by atoms with E-state index in [0.717, 1.165) is 32.9 Å². The number of phenols is 1. The summed E-state index contributed by atoms with van der Waals surface area (Å²) in [7, 11) is 0. The molecule has 3 aromatic carbocycles. The van der Waals surface area contributed by atoms with Crippen molar-refractivity contribution in [3.05, 3.63) is 72.2 Å². The number of hydrogen-bond donors (Lipinski definition) is 1. The Morgan fingerprint density at radius 3 is 2.64 bits per heavy atom. The predicted octanol–water partition coefficient (Wildman–Crippen LogP) is 4.94. The molecule has 0 spiro atoms. The minimum atomic E-state index is -0.254. The van der Waals surface area contributed by atoms with Crippen LogP contribution in [-0.2, 0) is 0 Å². The van der Waals surface area contributed by atoms with Gasteiger partial charge in [0.05, 0.1) is 11.2 Å². The lowest BCUT2D eigenvalue weighted by Gasteiger charge is -2.12. The molecule has 0 amide bonds. The lowest BCUT2D eigenvalue weighted by molar-refractivity contribution is 0.473. The molecule has 0 aliphatic heterocycles. The number of aromatic hydroxyl groups is 1. The number of nitrogens with zero attached hydrogens (tertiary/aromatic N) is 1. The number of phenolic OH excluding ortho intramolecular Hbond substituents is 1. The zero-order valence-corrected chi connectivity index (χ0v) is 12.0. The van der Waals surface area contributed by atoms with E-state index in [-0.39, 0.29) is 11.6 Å². The zero-order valence-electron chi connectivity index (χ0n) is 12.0. The molecule has 1 heterocycles. The maximum atomic E-state index is 13.5. The normalized spacial score (nSPS) is 11.4. The monoisotopic (exact) mass is 291 g/mol. The molecule has 0 aliphatic rings. The molecule has 4 rings (SSSR count). The molecular formula is C19H14FNO. The van der Waals surface area contributed by atoms with Gasteiger partial charge in [0.15, 0.2) is 0 Å². The van der Waals surface area contributed by atoms with E-state index < -0.39 is 0 Å². The number of benzene rings is 3. The van der Waals surface area contributed by atoms with Gasteiger partial charge in [-0.05, 0) is 42.1 Å². The average Bonchev–Trinajstić information content (AvgIpc) is 2.83. The minimum Gasteiger partial charge on any atom is -0.506 e. The van der Waals surface area contributed by atoms with Crippen LogP contribution in [0.1, 0.15) is 5.56 Å². The molecule has 3 heteroatoms. The lowest BCUT2D eigenvalue weighted by atomic mass is 10.1. The second-order valence-electron chi connectivity index (χ2n) is 5.50. The summed E-state index contributed by atoms with van der Waals surface area (Å²) in [5.74, 6) is -0.0459. The van der Waals surface area contributed by atoms with Crippen molar-refractivity contribution in [1.29, 1.82) is 0 Å². The van der Waals surface area contributed by atoms with Gasteiger partial charge in [-0.25, -0.2) is 4.39 Å². The van der Waals surface area contributed by atoms with E-state index in [1.54, 1.807) is 12.1 Å². The maximum Gasteiger partial charge on any atom is 0.140 e. The highest BCUT2D eigenvalue weighted by molar-refractivity contribution is 5.96. The summed E-state index contributed by atoms with van der Waals surface area (Å²) >= 11 is 0. The molecule has 0 bridgehead atoms. The third-order valence-electron chi connectivity index (χ3n) is 4.09. The minimum absolute atomic E-state index is 0.208. The zero-order chi connectivity index (χ0) is 15.3.